The summed E-state index contributed by atoms with van der Waals surface area (Å²) in [5.41, 5.74) is 10.4. The van der Waals surface area contributed by atoms with Crippen molar-refractivity contribution in [3.8, 4) is 0 Å². The molecule has 2 N–H and O–H groups in total. The van der Waals surface area contributed by atoms with E-state index >= 15 is 0 Å². The Morgan fingerprint density at radius 2 is 1.76 bits per heavy atom. The molecule has 2 aromatic carbocycles. The molecule has 0 saturated heterocycles. The summed E-state index contributed by atoms with van der Waals surface area (Å²) in [6.45, 7) is 2.24. The van der Waals surface area contributed by atoms with Gasteiger partial charge in [0, 0.05) is 16.5 Å². The zero-order valence-electron chi connectivity index (χ0n) is 12.6. The number of unbranched alkanes of at least 4 members (excludes halogenated alkanes) is 3. The van der Waals surface area contributed by atoms with E-state index in [1.165, 1.54) is 42.0 Å². The van der Waals surface area contributed by atoms with Crippen molar-refractivity contribution >= 4 is 27.5 Å². The number of fused-ring (bicyclic) bond motifs is 2. The van der Waals surface area contributed by atoms with Gasteiger partial charge in [-0.2, -0.15) is 0 Å². The highest BCUT2D eigenvalue weighted by atomic mass is 14.7. The maximum atomic E-state index is 6.21. The first kappa shape index (κ1) is 13.9. The summed E-state index contributed by atoms with van der Waals surface area (Å²) >= 11 is 0. The van der Waals surface area contributed by atoms with Crippen LogP contribution in [0.1, 0.15) is 38.2 Å². The Bertz CT molecular complexity index is 762. The van der Waals surface area contributed by atoms with E-state index in [9.17, 15) is 0 Å². The normalized spacial score (nSPS) is 11.3. The second-order valence-electron chi connectivity index (χ2n) is 5.74. The third-order valence-corrected chi connectivity index (χ3v) is 4.08. The van der Waals surface area contributed by atoms with Gasteiger partial charge in [-0.25, -0.2) is 4.98 Å². The number of nitrogens with zero attached hydrogens (tertiary/aromatic N) is 1. The smallest absolute Gasteiger partial charge is 0.0730 e. The number of hydrogen-bond donors (Lipinski definition) is 1. The summed E-state index contributed by atoms with van der Waals surface area (Å²) in [7, 11) is 0. The van der Waals surface area contributed by atoms with Crippen molar-refractivity contribution < 1.29 is 0 Å². The summed E-state index contributed by atoms with van der Waals surface area (Å²) in [5, 5.41) is 2.38. The summed E-state index contributed by atoms with van der Waals surface area (Å²) < 4.78 is 0. The monoisotopic (exact) mass is 278 g/mol. The van der Waals surface area contributed by atoms with Crippen LogP contribution >= 0.6 is 0 Å². The topological polar surface area (TPSA) is 38.9 Å². The van der Waals surface area contributed by atoms with Crippen molar-refractivity contribution in [2.24, 2.45) is 0 Å². The van der Waals surface area contributed by atoms with Gasteiger partial charge in [0.2, 0.25) is 0 Å². The number of pyridine rings is 1. The van der Waals surface area contributed by atoms with E-state index < -0.39 is 0 Å². The largest absolute Gasteiger partial charge is 0.398 e. The molecule has 0 saturated carbocycles. The zero-order valence-corrected chi connectivity index (χ0v) is 12.6. The lowest BCUT2D eigenvalue weighted by atomic mass is 10.0. The molecule has 0 atom stereocenters. The predicted octanol–water partition coefficient (Wildman–Crippen LogP) is 5.09. The average Bonchev–Trinajstić information content (AvgIpc) is 2.50. The first-order valence-electron chi connectivity index (χ1n) is 7.86. The molecule has 0 unspecified atom stereocenters. The Hall–Kier alpha value is -2.09. The minimum Gasteiger partial charge on any atom is -0.398 e. The molecule has 3 aromatic rings. The molecule has 108 valence electrons. The minimum absolute atomic E-state index is 0.877. The summed E-state index contributed by atoms with van der Waals surface area (Å²) in [5.74, 6) is 0. The van der Waals surface area contributed by atoms with Gasteiger partial charge in [-0.3, -0.25) is 0 Å². The molecule has 0 fully saturated rings. The van der Waals surface area contributed by atoms with E-state index in [1.54, 1.807) is 0 Å². The molecule has 1 aromatic heterocycles. The van der Waals surface area contributed by atoms with E-state index in [0.29, 0.717) is 0 Å². The van der Waals surface area contributed by atoms with Crippen LogP contribution in [0.4, 0.5) is 5.69 Å². The maximum Gasteiger partial charge on any atom is 0.0730 e. The number of hydrogen-bond acceptors (Lipinski definition) is 2. The van der Waals surface area contributed by atoms with E-state index in [1.807, 2.05) is 18.2 Å². The van der Waals surface area contributed by atoms with Crippen molar-refractivity contribution in [2.75, 3.05) is 5.73 Å². The maximum absolute atomic E-state index is 6.21. The van der Waals surface area contributed by atoms with Gasteiger partial charge < -0.3 is 5.73 Å². The highest BCUT2D eigenvalue weighted by molar-refractivity contribution is 5.94. The lowest BCUT2D eigenvalue weighted by molar-refractivity contribution is 0.667. The van der Waals surface area contributed by atoms with E-state index in [2.05, 4.69) is 31.2 Å². The van der Waals surface area contributed by atoms with Gasteiger partial charge in [0.05, 0.1) is 11.0 Å². The Balaban J connectivity index is 1.95. The second-order valence-corrected chi connectivity index (χ2v) is 5.74. The molecule has 0 amide bonds. The highest BCUT2D eigenvalue weighted by Crippen LogP contribution is 2.25. The third-order valence-electron chi connectivity index (χ3n) is 4.08. The Morgan fingerprint density at radius 1 is 0.905 bits per heavy atom. The van der Waals surface area contributed by atoms with Crippen LogP contribution in [-0.4, -0.2) is 4.98 Å². The van der Waals surface area contributed by atoms with Crippen LogP contribution in [0.25, 0.3) is 21.8 Å². The first-order chi connectivity index (χ1) is 10.3. The molecule has 0 aliphatic heterocycles. The summed E-state index contributed by atoms with van der Waals surface area (Å²) in [6.07, 6.45) is 6.13. The second kappa shape index (κ2) is 6.13. The van der Waals surface area contributed by atoms with Crippen molar-refractivity contribution in [3.63, 3.8) is 0 Å². The van der Waals surface area contributed by atoms with Crippen LogP contribution in [-0.2, 0) is 6.42 Å². The average molecular weight is 278 g/mol. The van der Waals surface area contributed by atoms with Crippen LogP contribution in [0.2, 0.25) is 0 Å². The van der Waals surface area contributed by atoms with E-state index in [4.69, 9.17) is 10.7 Å². The van der Waals surface area contributed by atoms with Gasteiger partial charge >= 0.3 is 0 Å². The van der Waals surface area contributed by atoms with Crippen molar-refractivity contribution in [1.29, 1.82) is 0 Å². The molecule has 21 heavy (non-hydrogen) atoms. The standard InChI is InChI=1S/C19H22N2/c1-2-3-4-5-8-14-11-16-12-15-9-6-7-10-18(15)21-19(16)13-17(14)20/h6-7,9-13H,2-5,8,20H2,1H3. The Morgan fingerprint density at radius 3 is 2.62 bits per heavy atom. The van der Waals surface area contributed by atoms with Gasteiger partial charge in [-0.15, -0.1) is 0 Å². The fourth-order valence-corrected chi connectivity index (χ4v) is 2.85. The summed E-state index contributed by atoms with van der Waals surface area (Å²) in [4.78, 5) is 4.71. The van der Waals surface area contributed by atoms with Crippen LogP contribution in [0.3, 0.4) is 0 Å². The number of nitrogens with two attached hydrogens (primary N) is 1. The SMILES string of the molecule is CCCCCCc1cc2cc3ccccc3nc2cc1N. The number of anilines is 1. The van der Waals surface area contributed by atoms with Gasteiger partial charge in [0.1, 0.15) is 0 Å². The molecule has 0 bridgehead atoms. The molecule has 0 aliphatic rings. The molecule has 3 rings (SSSR count). The fraction of sp³-hybridized carbons (Fsp3) is 0.316. The molecular weight excluding hydrogens is 256 g/mol. The van der Waals surface area contributed by atoms with Crippen molar-refractivity contribution in [3.05, 3.63) is 48.0 Å². The van der Waals surface area contributed by atoms with Crippen molar-refractivity contribution in [2.45, 2.75) is 39.0 Å². The molecule has 0 radical (unpaired) electrons. The quantitative estimate of drug-likeness (QED) is 0.401. The number of aromatic nitrogens is 1. The molecule has 2 nitrogen and oxygen atoms in total. The Labute approximate surface area is 126 Å². The molecule has 0 aliphatic carbocycles. The highest BCUT2D eigenvalue weighted by Gasteiger charge is 2.05. The van der Waals surface area contributed by atoms with Crippen LogP contribution in [0.15, 0.2) is 42.5 Å². The summed E-state index contributed by atoms with van der Waals surface area (Å²) in [6, 6.07) is 14.7. The van der Waals surface area contributed by atoms with Gasteiger partial charge in [0.25, 0.3) is 0 Å². The van der Waals surface area contributed by atoms with Gasteiger partial charge in [0.15, 0.2) is 0 Å². The lowest BCUT2D eigenvalue weighted by Gasteiger charge is -2.09. The van der Waals surface area contributed by atoms with Gasteiger partial charge in [-0.1, -0.05) is 44.4 Å². The number of nitrogen functional groups attached to an aromatic ring is 1. The number of para-hydroxylation sites is 1. The molecular formula is C19H22N2. The lowest BCUT2D eigenvalue weighted by Crippen LogP contribution is -1.96. The molecule has 1 heterocycles. The van der Waals surface area contributed by atoms with Crippen LogP contribution in [0, 0.1) is 0 Å². The predicted molar refractivity (Wildman–Crippen MR) is 91.5 cm³/mol. The number of rotatable bonds is 5. The van der Waals surface area contributed by atoms with E-state index in [-0.39, 0.29) is 0 Å². The van der Waals surface area contributed by atoms with Crippen LogP contribution in [0.5, 0.6) is 0 Å². The zero-order chi connectivity index (χ0) is 14.7. The van der Waals surface area contributed by atoms with Crippen LogP contribution < -0.4 is 5.73 Å². The van der Waals surface area contributed by atoms with Crippen molar-refractivity contribution in [1.82, 2.24) is 4.98 Å². The van der Waals surface area contributed by atoms with Gasteiger partial charge in [-0.05, 0) is 42.7 Å². The number of benzene rings is 2. The minimum atomic E-state index is 0.877. The third kappa shape index (κ3) is 2.99. The fourth-order valence-electron chi connectivity index (χ4n) is 2.85. The first-order valence-corrected chi connectivity index (χ1v) is 7.86. The number of aryl methyl sites for hydroxylation is 1. The molecule has 2 heteroatoms. The van der Waals surface area contributed by atoms with E-state index in [0.717, 1.165) is 23.1 Å². The Kier molecular flexibility index (Phi) is 4.05. The molecule has 0 spiro atoms.